The number of hydrogen-bond donors (Lipinski definition) is 0. The van der Waals surface area contributed by atoms with E-state index in [4.69, 9.17) is 19.7 Å². The monoisotopic (exact) mass is 669 g/mol. The molecule has 0 saturated carbocycles. The second-order valence-electron chi connectivity index (χ2n) is 13.0. The summed E-state index contributed by atoms with van der Waals surface area (Å²) in [5.74, 6) is 2.73. The van der Waals surface area contributed by atoms with Gasteiger partial charge in [-0.1, -0.05) is 164 Å². The summed E-state index contributed by atoms with van der Waals surface area (Å²) in [6.07, 6.45) is 6.48. The van der Waals surface area contributed by atoms with Crippen molar-refractivity contribution in [2.24, 2.45) is 0 Å². The normalized spacial score (nSPS) is 15.9. The van der Waals surface area contributed by atoms with Gasteiger partial charge in [0, 0.05) is 22.3 Å². The van der Waals surface area contributed by atoms with Crippen molar-refractivity contribution in [3.63, 3.8) is 0 Å². The van der Waals surface area contributed by atoms with E-state index in [-0.39, 0.29) is 0 Å². The van der Waals surface area contributed by atoms with Crippen molar-refractivity contribution in [2.45, 2.75) is 12.3 Å². The zero-order valence-electron chi connectivity index (χ0n) is 29.0. The van der Waals surface area contributed by atoms with Crippen LogP contribution in [0.4, 0.5) is 0 Å². The second-order valence-corrected chi connectivity index (χ2v) is 13.0. The average molecular weight is 670 g/mol. The molecule has 1 aromatic heterocycles. The van der Waals surface area contributed by atoms with Gasteiger partial charge in [0.15, 0.2) is 17.5 Å². The van der Waals surface area contributed by atoms with Crippen molar-refractivity contribution in [3.05, 3.63) is 209 Å². The molecule has 0 fully saturated rings. The van der Waals surface area contributed by atoms with Crippen LogP contribution < -0.4 is 0 Å². The Hall–Kier alpha value is -6.65. The van der Waals surface area contributed by atoms with Gasteiger partial charge in [0.2, 0.25) is 0 Å². The molecule has 2 aliphatic carbocycles. The highest BCUT2D eigenvalue weighted by Crippen LogP contribution is 2.64. The summed E-state index contributed by atoms with van der Waals surface area (Å²) < 4.78 is 6.23. The fourth-order valence-electron chi connectivity index (χ4n) is 8.10. The molecule has 0 N–H and O–H groups in total. The summed E-state index contributed by atoms with van der Waals surface area (Å²) in [7, 11) is 1.76. The lowest BCUT2D eigenvalue weighted by molar-refractivity contribution is 0.308. The number of nitrogens with zero attached hydrogens (tertiary/aromatic N) is 3. The molecule has 7 aromatic rings. The van der Waals surface area contributed by atoms with Gasteiger partial charge in [0.1, 0.15) is 5.76 Å². The van der Waals surface area contributed by atoms with Gasteiger partial charge in [0.05, 0.1) is 12.5 Å². The molecule has 4 nitrogen and oxygen atoms in total. The Morgan fingerprint density at radius 2 is 1.08 bits per heavy atom. The van der Waals surface area contributed by atoms with Crippen molar-refractivity contribution in [1.82, 2.24) is 15.0 Å². The lowest BCUT2D eigenvalue weighted by atomic mass is 9.67. The molecule has 9 rings (SSSR count). The fourth-order valence-corrected chi connectivity index (χ4v) is 8.10. The zero-order valence-corrected chi connectivity index (χ0v) is 29.0. The maximum absolute atomic E-state index is 6.23. The third kappa shape index (κ3) is 4.87. The van der Waals surface area contributed by atoms with E-state index in [9.17, 15) is 0 Å². The van der Waals surface area contributed by atoms with Crippen LogP contribution in [0.1, 0.15) is 34.7 Å². The minimum absolute atomic E-state index is 0.632. The van der Waals surface area contributed by atoms with Gasteiger partial charge in [0.25, 0.3) is 0 Å². The molecule has 1 spiro atoms. The van der Waals surface area contributed by atoms with Crippen LogP contribution in [0.15, 0.2) is 181 Å². The Morgan fingerprint density at radius 1 is 0.538 bits per heavy atom. The number of hydrogen-bond acceptors (Lipinski definition) is 4. The molecule has 1 unspecified atom stereocenters. The standard InChI is InChI=1S/C48H35N3O/c1-3-18-42(52-2)43(32-19-7-4-8-20-32)41-31-35-25-13-15-28-38(35)48(41)39-29-16-14-26-36(39)44-37(27-17-30-40(44)48)47-50-45(33-21-9-5-10-22-33)49-46(51-47)34-23-11-6-12-24-34/h3-31H,1-2H3/b18-3-,43-42+. The van der Waals surface area contributed by atoms with E-state index in [1.54, 1.807) is 7.11 Å². The molecule has 0 amide bonds. The lowest BCUT2D eigenvalue weighted by Gasteiger charge is -2.34. The summed E-state index contributed by atoms with van der Waals surface area (Å²) in [6, 6.07) is 55.1. The van der Waals surface area contributed by atoms with Crippen molar-refractivity contribution in [2.75, 3.05) is 7.11 Å². The van der Waals surface area contributed by atoms with Gasteiger partial charge in [-0.25, -0.2) is 15.0 Å². The van der Waals surface area contributed by atoms with Crippen molar-refractivity contribution in [3.8, 4) is 45.3 Å². The second kappa shape index (κ2) is 12.9. The van der Waals surface area contributed by atoms with E-state index < -0.39 is 5.41 Å². The highest BCUT2D eigenvalue weighted by atomic mass is 16.5. The summed E-state index contributed by atoms with van der Waals surface area (Å²) in [5.41, 5.74) is 12.7. The van der Waals surface area contributed by atoms with Gasteiger partial charge < -0.3 is 4.74 Å². The number of ether oxygens (including phenoxy) is 1. The molecular formula is C48H35N3O. The van der Waals surface area contributed by atoms with Crippen LogP contribution in [0.25, 0.3) is 56.9 Å². The Morgan fingerprint density at radius 3 is 1.73 bits per heavy atom. The van der Waals surface area contributed by atoms with Gasteiger partial charge in [-0.05, 0) is 63.6 Å². The first-order valence-corrected chi connectivity index (χ1v) is 17.6. The van der Waals surface area contributed by atoms with Gasteiger partial charge in [-0.2, -0.15) is 0 Å². The summed E-state index contributed by atoms with van der Waals surface area (Å²) >= 11 is 0. The largest absolute Gasteiger partial charge is 0.496 e. The Balaban J connectivity index is 1.37. The molecule has 6 aromatic carbocycles. The number of allylic oxidation sites excluding steroid dienone is 4. The summed E-state index contributed by atoms with van der Waals surface area (Å²) in [6.45, 7) is 2.03. The highest BCUT2D eigenvalue weighted by Gasteiger charge is 2.52. The number of fused-ring (bicyclic) bond motifs is 7. The van der Waals surface area contributed by atoms with Crippen molar-refractivity contribution < 1.29 is 4.74 Å². The van der Waals surface area contributed by atoms with E-state index in [0.717, 1.165) is 44.7 Å². The van der Waals surface area contributed by atoms with Crippen molar-refractivity contribution >= 4 is 11.6 Å². The molecule has 52 heavy (non-hydrogen) atoms. The number of benzene rings is 6. The molecule has 4 heteroatoms. The van der Waals surface area contributed by atoms with Gasteiger partial charge >= 0.3 is 0 Å². The first-order chi connectivity index (χ1) is 25.7. The number of methoxy groups -OCH3 is 1. The van der Waals surface area contributed by atoms with E-state index in [1.807, 2.05) is 49.4 Å². The molecule has 0 saturated heterocycles. The van der Waals surface area contributed by atoms with Gasteiger partial charge in [-0.3, -0.25) is 0 Å². The average Bonchev–Trinajstić information content (AvgIpc) is 3.72. The topological polar surface area (TPSA) is 47.9 Å². The molecule has 0 bridgehead atoms. The molecule has 248 valence electrons. The van der Waals surface area contributed by atoms with Gasteiger partial charge in [-0.15, -0.1) is 0 Å². The molecule has 0 aliphatic heterocycles. The van der Waals surface area contributed by atoms with Crippen LogP contribution in [-0.4, -0.2) is 22.1 Å². The van der Waals surface area contributed by atoms with Crippen LogP contribution in [0, 0.1) is 0 Å². The fraction of sp³-hybridized carbons (Fsp3) is 0.0625. The van der Waals surface area contributed by atoms with Crippen LogP contribution in [-0.2, 0) is 10.2 Å². The third-order valence-corrected chi connectivity index (χ3v) is 10.2. The summed E-state index contributed by atoms with van der Waals surface area (Å²) in [4.78, 5) is 15.4. The maximum atomic E-state index is 6.23. The molecule has 1 atom stereocenters. The first kappa shape index (κ1) is 31.3. The van der Waals surface area contributed by atoms with Crippen molar-refractivity contribution in [1.29, 1.82) is 0 Å². The molecular weight excluding hydrogens is 635 g/mol. The quantitative estimate of drug-likeness (QED) is 0.125. The minimum Gasteiger partial charge on any atom is -0.496 e. The Bertz CT molecular complexity index is 2500. The number of rotatable bonds is 7. The lowest BCUT2D eigenvalue weighted by Crippen LogP contribution is -2.28. The van der Waals surface area contributed by atoms with Crippen LogP contribution in [0.3, 0.4) is 0 Å². The SMILES string of the molecule is C/C=C\C(OC)=C(/C1=Cc2ccccc2C12c1ccccc1-c1c(-c3nc(-c4ccccc4)nc(-c4ccccc4)n3)cccc12)c1ccccc1. The first-order valence-electron chi connectivity index (χ1n) is 17.6. The van der Waals surface area contributed by atoms with Crippen LogP contribution in [0.5, 0.6) is 0 Å². The number of aromatic nitrogens is 3. The highest BCUT2D eigenvalue weighted by molar-refractivity contribution is 6.03. The zero-order chi connectivity index (χ0) is 35.1. The maximum Gasteiger partial charge on any atom is 0.164 e. The van der Waals surface area contributed by atoms with E-state index in [2.05, 4.69) is 133 Å². The molecule has 0 radical (unpaired) electrons. The Kier molecular flexibility index (Phi) is 7.78. The van der Waals surface area contributed by atoms with E-state index >= 15 is 0 Å². The van der Waals surface area contributed by atoms with E-state index in [1.165, 1.54) is 27.8 Å². The van der Waals surface area contributed by atoms with E-state index in [0.29, 0.717) is 17.5 Å². The van der Waals surface area contributed by atoms with Crippen LogP contribution >= 0.6 is 0 Å². The third-order valence-electron chi connectivity index (χ3n) is 10.2. The summed E-state index contributed by atoms with van der Waals surface area (Å²) in [5, 5.41) is 0. The molecule has 2 aliphatic rings. The van der Waals surface area contributed by atoms with Crippen LogP contribution in [0.2, 0.25) is 0 Å². The predicted octanol–water partition coefficient (Wildman–Crippen LogP) is 11.2. The molecule has 1 heterocycles. The Labute approximate surface area is 304 Å². The minimum atomic E-state index is -0.632. The predicted molar refractivity (Wildman–Crippen MR) is 211 cm³/mol. The smallest absolute Gasteiger partial charge is 0.164 e.